The summed E-state index contributed by atoms with van der Waals surface area (Å²) in [5, 5.41) is 22.3. The summed E-state index contributed by atoms with van der Waals surface area (Å²) < 4.78 is 33.4. The van der Waals surface area contributed by atoms with Gasteiger partial charge in [-0.2, -0.15) is 4.39 Å². The molecular formula is C22H30F2N2O5. The van der Waals surface area contributed by atoms with Gasteiger partial charge in [0.05, 0.1) is 24.8 Å². The van der Waals surface area contributed by atoms with E-state index in [0.717, 1.165) is 23.6 Å². The largest absolute Gasteiger partial charge is 0.505 e. The minimum Gasteiger partial charge on any atom is -0.505 e. The molecule has 9 heteroatoms. The smallest absolute Gasteiger partial charge is 0.343 e. The molecule has 1 amide bonds. The number of aliphatic hydroxyl groups excluding tert-OH is 1. The molecule has 0 radical (unpaired) electrons. The summed E-state index contributed by atoms with van der Waals surface area (Å²) in [4.78, 5) is 25.5. The van der Waals surface area contributed by atoms with E-state index in [9.17, 15) is 28.6 Å². The average Bonchev–Trinajstić information content (AvgIpc) is 2.67. The van der Waals surface area contributed by atoms with Crippen molar-refractivity contribution in [3.8, 4) is 5.75 Å². The first-order valence-electron chi connectivity index (χ1n) is 10.2. The number of phenols is 1. The molecule has 0 aromatic heterocycles. The van der Waals surface area contributed by atoms with Crippen LogP contribution in [0.3, 0.4) is 0 Å². The lowest BCUT2D eigenvalue weighted by Gasteiger charge is -2.54. The van der Waals surface area contributed by atoms with Gasteiger partial charge in [0.15, 0.2) is 11.6 Å². The van der Waals surface area contributed by atoms with E-state index < -0.39 is 53.0 Å². The molecule has 1 aliphatic carbocycles. The zero-order valence-corrected chi connectivity index (χ0v) is 18.3. The standard InChI is InChI=1S/C22H30F2N2O5/c1-13(2)12-31-21(30)14(3)20(29)26(25(5)22(15(4)27)9-6-10-22)11-16-7-8-17(28)19(24)18(16)23/h7-8,13,15,27-28H,3,6,9-12H2,1-2,4-5H3. The van der Waals surface area contributed by atoms with Gasteiger partial charge in [0.1, 0.15) is 5.57 Å². The van der Waals surface area contributed by atoms with Crippen LogP contribution in [0.2, 0.25) is 0 Å². The van der Waals surface area contributed by atoms with E-state index in [4.69, 9.17) is 4.74 Å². The molecule has 0 heterocycles. The number of rotatable bonds is 9. The van der Waals surface area contributed by atoms with Gasteiger partial charge in [-0.25, -0.2) is 14.2 Å². The van der Waals surface area contributed by atoms with E-state index in [1.54, 1.807) is 14.0 Å². The van der Waals surface area contributed by atoms with Crippen LogP contribution in [0.15, 0.2) is 24.3 Å². The number of esters is 1. The molecule has 1 atom stereocenters. The number of likely N-dealkylation sites (N-methyl/N-ethyl adjacent to an activating group) is 1. The monoisotopic (exact) mass is 440 g/mol. The molecule has 7 nitrogen and oxygen atoms in total. The number of aliphatic hydroxyl groups is 1. The van der Waals surface area contributed by atoms with Crippen LogP contribution in [-0.2, 0) is 20.9 Å². The maximum absolute atomic E-state index is 14.4. The lowest BCUT2D eigenvalue weighted by molar-refractivity contribution is -0.184. The summed E-state index contributed by atoms with van der Waals surface area (Å²) in [6.07, 6.45) is 1.13. The number of hydrogen-bond donors (Lipinski definition) is 2. The third-order valence-electron chi connectivity index (χ3n) is 5.75. The molecule has 1 aromatic carbocycles. The molecule has 1 unspecified atom stereocenters. The van der Waals surface area contributed by atoms with Gasteiger partial charge < -0.3 is 14.9 Å². The van der Waals surface area contributed by atoms with E-state index in [2.05, 4.69) is 6.58 Å². The average molecular weight is 440 g/mol. The molecule has 0 aliphatic heterocycles. The summed E-state index contributed by atoms with van der Waals surface area (Å²) >= 11 is 0. The lowest BCUT2D eigenvalue weighted by atomic mass is 9.72. The Morgan fingerprint density at radius 3 is 2.32 bits per heavy atom. The Labute approximate surface area is 180 Å². The van der Waals surface area contributed by atoms with Crippen LogP contribution in [-0.4, -0.2) is 57.4 Å². The molecule has 2 N–H and O–H groups in total. The molecule has 0 saturated heterocycles. The van der Waals surface area contributed by atoms with E-state index in [0.29, 0.717) is 12.8 Å². The van der Waals surface area contributed by atoms with Crippen molar-refractivity contribution >= 4 is 11.9 Å². The third kappa shape index (κ3) is 5.04. The van der Waals surface area contributed by atoms with Gasteiger partial charge in [0.25, 0.3) is 5.91 Å². The molecule has 1 fully saturated rings. The second kappa shape index (κ2) is 9.74. The minimum atomic E-state index is -1.43. The van der Waals surface area contributed by atoms with Crippen molar-refractivity contribution in [1.29, 1.82) is 0 Å². The number of aromatic hydroxyl groups is 1. The normalized spacial score (nSPS) is 16.0. The number of carbonyl (C=O) groups excluding carboxylic acids is 2. The molecule has 2 rings (SSSR count). The van der Waals surface area contributed by atoms with Crippen molar-refractivity contribution in [2.75, 3.05) is 13.7 Å². The van der Waals surface area contributed by atoms with E-state index in [-0.39, 0.29) is 18.1 Å². The van der Waals surface area contributed by atoms with E-state index in [1.165, 1.54) is 5.01 Å². The maximum atomic E-state index is 14.4. The lowest BCUT2D eigenvalue weighted by Crippen LogP contribution is -2.65. The van der Waals surface area contributed by atoms with Crippen LogP contribution in [0.5, 0.6) is 5.75 Å². The van der Waals surface area contributed by atoms with E-state index >= 15 is 0 Å². The number of carbonyl (C=O) groups is 2. The first-order chi connectivity index (χ1) is 14.4. The summed E-state index contributed by atoms with van der Waals surface area (Å²) in [5.41, 5.74) is -1.48. The van der Waals surface area contributed by atoms with Crippen molar-refractivity contribution in [3.05, 3.63) is 41.5 Å². The zero-order valence-electron chi connectivity index (χ0n) is 18.3. The quantitative estimate of drug-likeness (QED) is 0.202. The SMILES string of the molecule is C=C(C(=O)OCC(C)C)C(=O)N(Cc1ccc(O)c(F)c1F)N(C)C1(C(C)O)CCC1. The van der Waals surface area contributed by atoms with Crippen molar-refractivity contribution in [1.82, 2.24) is 10.0 Å². The minimum absolute atomic E-state index is 0.0492. The van der Waals surface area contributed by atoms with E-state index in [1.807, 2.05) is 13.8 Å². The highest BCUT2D eigenvalue weighted by atomic mass is 19.2. The van der Waals surface area contributed by atoms with Gasteiger partial charge in [0.2, 0.25) is 5.82 Å². The number of ether oxygens (including phenoxy) is 1. The molecular weight excluding hydrogens is 410 g/mol. The Kier molecular flexibility index (Phi) is 7.77. The number of hydrogen-bond acceptors (Lipinski definition) is 6. The second-order valence-electron chi connectivity index (χ2n) is 8.36. The molecule has 31 heavy (non-hydrogen) atoms. The van der Waals surface area contributed by atoms with Crippen molar-refractivity contribution in [3.63, 3.8) is 0 Å². The van der Waals surface area contributed by atoms with Crippen molar-refractivity contribution in [2.45, 2.75) is 58.2 Å². The van der Waals surface area contributed by atoms with Gasteiger partial charge in [-0.05, 0) is 38.2 Å². The van der Waals surface area contributed by atoms with Gasteiger partial charge >= 0.3 is 5.97 Å². The van der Waals surface area contributed by atoms with Crippen LogP contribution >= 0.6 is 0 Å². The topological polar surface area (TPSA) is 90.3 Å². The first-order valence-corrected chi connectivity index (χ1v) is 10.2. The summed E-state index contributed by atoms with van der Waals surface area (Å²) in [5.74, 6) is -5.30. The highest BCUT2D eigenvalue weighted by molar-refractivity contribution is 6.15. The highest BCUT2D eigenvalue weighted by Gasteiger charge is 2.48. The maximum Gasteiger partial charge on any atom is 0.343 e. The number of benzene rings is 1. The van der Waals surface area contributed by atoms with Crippen molar-refractivity contribution in [2.24, 2.45) is 5.92 Å². The van der Waals surface area contributed by atoms with Gasteiger partial charge in [0, 0.05) is 12.6 Å². The molecule has 1 aliphatic rings. The van der Waals surface area contributed by atoms with Crippen LogP contribution in [0.1, 0.15) is 45.6 Å². The second-order valence-corrected chi connectivity index (χ2v) is 8.36. The predicted octanol–water partition coefficient (Wildman–Crippen LogP) is 2.90. The Balaban J connectivity index is 2.38. The number of halogens is 2. The number of hydrazine groups is 1. The van der Waals surface area contributed by atoms with Gasteiger partial charge in [-0.1, -0.05) is 26.5 Å². The molecule has 1 saturated carbocycles. The number of amides is 1. The third-order valence-corrected chi connectivity index (χ3v) is 5.75. The zero-order chi connectivity index (χ0) is 23.5. The predicted molar refractivity (Wildman–Crippen MR) is 110 cm³/mol. The molecule has 0 spiro atoms. The fraction of sp³-hybridized carbons (Fsp3) is 0.545. The summed E-state index contributed by atoms with van der Waals surface area (Å²) in [6, 6.07) is 2.13. The fourth-order valence-corrected chi connectivity index (χ4v) is 3.54. The highest BCUT2D eigenvalue weighted by Crippen LogP contribution is 2.41. The van der Waals surface area contributed by atoms with Gasteiger partial charge in [-0.15, -0.1) is 0 Å². The number of nitrogens with zero attached hydrogens (tertiary/aromatic N) is 2. The van der Waals surface area contributed by atoms with Gasteiger partial charge in [-0.3, -0.25) is 9.80 Å². The first kappa shape index (κ1) is 24.7. The van der Waals surface area contributed by atoms with Crippen LogP contribution in [0.25, 0.3) is 0 Å². The van der Waals surface area contributed by atoms with Crippen LogP contribution in [0.4, 0.5) is 8.78 Å². The Hall–Kier alpha value is -2.52. The Morgan fingerprint density at radius 2 is 1.84 bits per heavy atom. The number of phenolic OH excluding ortho intramolecular Hbond substituents is 1. The van der Waals surface area contributed by atoms with Crippen molar-refractivity contribution < 1.29 is 33.3 Å². The molecule has 1 aromatic rings. The Bertz CT molecular complexity index is 853. The molecule has 0 bridgehead atoms. The summed E-state index contributed by atoms with van der Waals surface area (Å²) in [7, 11) is 1.55. The Morgan fingerprint density at radius 1 is 1.23 bits per heavy atom. The summed E-state index contributed by atoms with van der Waals surface area (Å²) in [6.45, 7) is 8.45. The van der Waals surface area contributed by atoms with Crippen LogP contribution in [0, 0.1) is 17.6 Å². The van der Waals surface area contributed by atoms with Crippen LogP contribution < -0.4 is 0 Å². The fourth-order valence-electron chi connectivity index (χ4n) is 3.54. The molecule has 172 valence electrons.